The summed E-state index contributed by atoms with van der Waals surface area (Å²) < 4.78 is 23.6. The second-order valence-corrected chi connectivity index (χ2v) is 9.80. The molecule has 1 spiro atoms. The van der Waals surface area contributed by atoms with Crippen molar-refractivity contribution in [2.24, 2.45) is 0 Å². The second kappa shape index (κ2) is 5.26. The Morgan fingerprint density at radius 2 is 1.71 bits per heavy atom. The van der Waals surface area contributed by atoms with Gasteiger partial charge in [0.05, 0.1) is 10.5 Å². The van der Waals surface area contributed by atoms with Crippen LogP contribution in [0, 0.1) is 0 Å². The molecule has 120 valence electrons. The fourth-order valence-electron chi connectivity index (χ4n) is 3.06. The summed E-state index contributed by atoms with van der Waals surface area (Å²) in [7, 11) is -3.31. The third kappa shape index (κ3) is 2.80. The summed E-state index contributed by atoms with van der Waals surface area (Å²) >= 11 is 0. The lowest BCUT2D eigenvalue weighted by molar-refractivity contribution is -0.128. The molecule has 0 aromatic carbocycles. The van der Waals surface area contributed by atoms with Crippen LogP contribution >= 0.6 is 0 Å². The lowest BCUT2D eigenvalue weighted by Crippen LogP contribution is -2.52. The van der Waals surface area contributed by atoms with Crippen molar-refractivity contribution < 1.29 is 18.0 Å². The van der Waals surface area contributed by atoms with Crippen molar-refractivity contribution in [2.75, 3.05) is 12.3 Å². The lowest BCUT2D eigenvalue weighted by atomic mass is 9.80. The Bertz CT molecular complexity index is 542. The highest BCUT2D eigenvalue weighted by Crippen LogP contribution is 2.37. The van der Waals surface area contributed by atoms with Crippen molar-refractivity contribution in [1.29, 1.82) is 0 Å². The Hall–Kier alpha value is -1.11. The molecule has 0 atom stereocenters. The van der Waals surface area contributed by atoms with Crippen LogP contribution in [-0.2, 0) is 14.6 Å². The topological polar surface area (TPSA) is 83.6 Å². The van der Waals surface area contributed by atoms with Crippen LogP contribution in [0.15, 0.2) is 0 Å². The third-order valence-electron chi connectivity index (χ3n) is 4.60. The fraction of sp³-hybridized carbons (Fsp3) is 0.857. The third-order valence-corrected chi connectivity index (χ3v) is 7.19. The maximum atomic E-state index is 12.2. The van der Waals surface area contributed by atoms with Crippen LogP contribution in [-0.4, -0.2) is 47.8 Å². The Balaban J connectivity index is 2.18. The van der Waals surface area contributed by atoms with E-state index >= 15 is 0 Å². The fourth-order valence-corrected chi connectivity index (χ4v) is 4.10. The van der Waals surface area contributed by atoms with Crippen LogP contribution in [0.3, 0.4) is 0 Å². The second-order valence-electron chi connectivity index (χ2n) is 6.93. The van der Waals surface area contributed by atoms with Gasteiger partial charge in [0.25, 0.3) is 5.91 Å². The standard InChI is InChI=1S/C14H24N2O4S/c1-13(2,3)21(19,20)10-9-16-12(18)15-11(17)14(16)7-5-4-6-8-14/h4-10H2,1-3H3,(H,15,17,18). The summed E-state index contributed by atoms with van der Waals surface area (Å²) in [5.41, 5.74) is -0.817. The molecule has 1 saturated carbocycles. The molecular formula is C14H24N2O4S. The summed E-state index contributed by atoms with van der Waals surface area (Å²) in [4.78, 5) is 25.7. The van der Waals surface area contributed by atoms with Crippen molar-refractivity contribution in [3.05, 3.63) is 0 Å². The molecule has 1 aliphatic carbocycles. The lowest BCUT2D eigenvalue weighted by Gasteiger charge is -2.38. The van der Waals surface area contributed by atoms with E-state index in [4.69, 9.17) is 0 Å². The molecule has 1 heterocycles. The molecule has 21 heavy (non-hydrogen) atoms. The summed E-state index contributed by atoms with van der Waals surface area (Å²) in [6.45, 7) is 5.02. The van der Waals surface area contributed by atoms with Gasteiger partial charge in [0.15, 0.2) is 9.84 Å². The van der Waals surface area contributed by atoms with Gasteiger partial charge in [-0.15, -0.1) is 0 Å². The summed E-state index contributed by atoms with van der Waals surface area (Å²) in [5, 5.41) is 2.36. The zero-order valence-corrected chi connectivity index (χ0v) is 13.8. The quantitative estimate of drug-likeness (QED) is 0.799. The van der Waals surface area contributed by atoms with E-state index in [1.165, 1.54) is 4.90 Å². The van der Waals surface area contributed by atoms with Crippen molar-refractivity contribution in [3.63, 3.8) is 0 Å². The molecule has 2 fully saturated rings. The van der Waals surface area contributed by atoms with Gasteiger partial charge in [-0.1, -0.05) is 19.3 Å². The van der Waals surface area contributed by atoms with Crippen LogP contribution in [0.5, 0.6) is 0 Å². The Labute approximate surface area is 126 Å². The van der Waals surface area contributed by atoms with E-state index in [-0.39, 0.29) is 18.2 Å². The number of hydrogen-bond acceptors (Lipinski definition) is 4. The number of nitrogens with zero attached hydrogens (tertiary/aromatic N) is 1. The number of imide groups is 1. The number of amides is 3. The normalized spacial score (nSPS) is 22.7. The Morgan fingerprint density at radius 3 is 2.24 bits per heavy atom. The molecule has 0 aromatic heterocycles. The molecule has 2 aliphatic rings. The Kier molecular flexibility index (Phi) is 4.08. The number of nitrogens with one attached hydrogen (secondary N) is 1. The minimum Gasteiger partial charge on any atom is -0.309 e. The first-order chi connectivity index (χ1) is 9.60. The number of carbonyl (C=O) groups is 2. The number of sulfone groups is 1. The van der Waals surface area contributed by atoms with Gasteiger partial charge in [-0.05, 0) is 33.6 Å². The Morgan fingerprint density at radius 1 is 1.14 bits per heavy atom. The molecule has 6 nitrogen and oxygen atoms in total. The van der Waals surface area contributed by atoms with Crippen LogP contribution < -0.4 is 5.32 Å². The van der Waals surface area contributed by atoms with E-state index in [1.54, 1.807) is 20.8 Å². The van der Waals surface area contributed by atoms with Gasteiger partial charge >= 0.3 is 6.03 Å². The maximum absolute atomic E-state index is 12.2. The molecule has 1 saturated heterocycles. The number of carbonyl (C=O) groups excluding carboxylic acids is 2. The molecule has 7 heteroatoms. The van der Waals surface area contributed by atoms with Gasteiger partial charge in [0, 0.05) is 6.54 Å². The van der Waals surface area contributed by atoms with Gasteiger partial charge in [-0.3, -0.25) is 10.1 Å². The summed E-state index contributed by atoms with van der Waals surface area (Å²) in [5.74, 6) is -0.376. The highest BCUT2D eigenvalue weighted by Gasteiger charge is 2.53. The first-order valence-electron chi connectivity index (χ1n) is 7.45. The first-order valence-corrected chi connectivity index (χ1v) is 9.11. The van der Waals surface area contributed by atoms with Crippen molar-refractivity contribution in [1.82, 2.24) is 10.2 Å². The molecule has 0 bridgehead atoms. The molecule has 0 unspecified atom stereocenters. The van der Waals surface area contributed by atoms with E-state index in [1.807, 2.05) is 0 Å². The average molecular weight is 316 g/mol. The minimum atomic E-state index is -3.31. The zero-order valence-electron chi connectivity index (χ0n) is 12.9. The van der Waals surface area contributed by atoms with Crippen molar-refractivity contribution in [3.8, 4) is 0 Å². The highest BCUT2D eigenvalue weighted by atomic mass is 32.2. The van der Waals surface area contributed by atoms with Gasteiger partial charge in [-0.25, -0.2) is 13.2 Å². The van der Waals surface area contributed by atoms with E-state index < -0.39 is 26.2 Å². The van der Waals surface area contributed by atoms with E-state index in [0.29, 0.717) is 12.8 Å². The van der Waals surface area contributed by atoms with Crippen LogP contribution in [0.2, 0.25) is 0 Å². The van der Waals surface area contributed by atoms with E-state index in [0.717, 1.165) is 19.3 Å². The smallest absolute Gasteiger partial charge is 0.309 e. The molecule has 1 aliphatic heterocycles. The molecular weight excluding hydrogens is 292 g/mol. The van der Waals surface area contributed by atoms with Crippen LogP contribution in [0.1, 0.15) is 52.9 Å². The zero-order chi connectivity index (χ0) is 15.9. The van der Waals surface area contributed by atoms with E-state index in [9.17, 15) is 18.0 Å². The van der Waals surface area contributed by atoms with Gasteiger partial charge < -0.3 is 4.90 Å². The maximum Gasteiger partial charge on any atom is 0.325 e. The SMILES string of the molecule is CC(C)(C)S(=O)(=O)CCN1C(=O)NC(=O)C12CCCCC2. The average Bonchev–Trinajstić information content (AvgIpc) is 2.58. The molecule has 1 N–H and O–H groups in total. The van der Waals surface area contributed by atoms with Gasteiger partial charge in [0.2, 0.25) is 0 Å². The number of hydrogen-bond donors (Lipinski definition) is 1. The monoisotopic (exact) mass is 316 g/mol. The van der Waals surface area contributed by atoms with Crippen LogP contribution in [0.4, 0.5) is 4.79 Å². The predicted octanol–water partition coefficient (Wildman–Crippen LogP) is 1.45. The summed E-state index contributed by atoms with van der Waals surface area (Å²) in [6.07, 6.45) is 4.09. The number of urea groups is 1. The minimum absolute atomic E-state index is 0.0805. The van der Waals surface area contributed by atoms with Gasteiger partial charge in [0.1, 0.15) is 5.54 Å². The highest BCUT2D eigenvalue weighted by molar-refractivity contribution is 7.92. The van der Waals surface area contributed by atoms with Crippen LogP contribution in [0.25, 0.3) is 0 Å². The van der Waals surface area contributed by atoms with Gasteiger partial charge in [-0.2, -0.15) is 0 Å². The van der Waals surface area contributed by atoms with E-state index in [2.05, 4.69) is 5.32 Å². The molecule has 0 radical (unpaired) electrons. The van der Waals surface area contributed by atoms with Crippen molar-refractivity contribution >= 4 is 21.8 Å². The first kappa shape index (κ1) is 16.3. The molecule has 3 amide bonds. The number of rotatable bonds is 3. The summed E-state index contributed by atoms with van der Waals surface area (Å²) in [6, 6.07) is -0.453. The molecule has 2 rings (SSSR count). The largest absolute Gasteiger partial charge is 0.325 e. The molecule has 0 aromatic rings. The van der Waals surface area contributed by atoms with Crippen molar-refractivity contribution in [2.45, 2.75) is 63.2 Å². The predicted molar refractivity (Wildman–Crippen MR) is 79.6 cm³/mol.